The molecule has 59 heavy (non-hydrogen) atoms. The average molecular weight is 828 g/mol. The normalized spacial score (nSPS) is 10.3. The molecule has 3 aromatic rings. The highest BCUT2D eigenvalue weighted by Gasteiger charge is 2.12. The van der Waals surface area contributed by atoms with Crippen LogP contribution in [0.4, 0.5) is 32.8 Å². The van der Waals surface area contributed by atoms with Crippen molar-refractivity contribution in [3.63, 3.8) is 0 Å². The Morgan fingerprint density at radius 1 is 0.525 bits per heavy atom. The van der Waals surface area contributed by atoms with Crippen LogP contribution in [0, 0.1) is 46.8 Å². The number of nitro benzene ring substituents is 2. The quantitative estimate of drug-likeness (QED) is 0.0240. The predicted molar refractivity (Wildman–Crippen MR) is 249 cm³/mol. The van der Waals surface area contributed by atoms with Gasteiger partial charge in [-0.3, -0.25) is 20.2 Å². The highest BCUT2D eigenvalue weighted by Crippen LogP contribution is 2.24. The van der Waals surface area contributed by atoms with Crippen LogP contribution in [0.5, 0.6) is 0 Å². The van der Waals surface area contributed by atoms with Gasteiger partial charge >= 0.3 is 0 Å². The molecule has 0 bridgehead atoms. The molecule has 0 heterocycles. The molecule has 334 valence electrons. The van der Waals surface area contributed by atoms with E-state index in [0.29, 0.717) is 11.1 Å². The minimum absolute atomic E-state index is 0.0496. The molecule has 0 aliphatic heterocycles. The zero-order valence-corrected chi connectivity index (χ0v) is 37.8. The minimum atomic E-state index is -0.533. The average Bonchev–Trinajstić information content (AvgIpc) is 3.20. The summed E-state index contributed by atoms with van der Waals surface area (Å²) in [6, 6.07) is 14.9. The molecule has 0 aromatic heterocycles. The number of halogens is 1. The minimum Gasteiger partial charge on any atom is -0.399 e. The molecular weight excluding hydrogens is 750 g/mol. The summed E-state index contributed by atoms with van der Waals surface area (Å²) in [4.78, 5) is 24.6. The van der Waals surface area contributed by atoms with E-state index in [1.807, 2.05) is 53.4 Å². The van der Waals surface area contributed by atoms with Gasteiger partial charge in [0.15, 0.2) is 0 Å². The summed E-state index contributed by atoms with van der Waals surface area (Å²) in [6.07, 6.45) is 15.4. The Morgan fingerprint density at radius 2 is 0.864 bits per heavy atom. The smallest absolute Gasteiger partial charge is 0.272 e. The Kier molecular flexibility index (Phi) is 31.9. The molecule has 0 atom stereocenters. The van der Waals surface area contributed by atoms with Gasteiger partial charge in [-0.2, -0.15) is 0 Å². The topological polar surface area (TPSA) is 167 Å². The molecule has 3 rings (SSSR count). The van der Waals surface area contributed by atoms with Crippen molar-refractivity contribution in [2.45, 2.75) is 97.8 Å². The number of nitrogen functional groups attached to an aromatic ring is 1. The molecule has 0 spiro atoms. The van der Waals surface area contributed by atoms with Gasteiger partial charge in [0.05, 0.1) is 9.85 Å². The van der Waals surface area contributed by atoms with Crippen LogP contribution in [-0.4, -0.2) is 91.4 Å². The van der Waals surface area contributed by atoms with E-state index in [1.165, 1.54) is 96.3 Å². The molecule has 0 saturated heterocycles. The van der Waals surface area contributed by atoms with Crippen molar-refractivity contribution in [2.75, 3.05) is 97.1 Å². The van der Waals surface area contributed by atoms with Crippen LogP contribution in [0.1, 0.15) is 93.7 Å². The van der Waals surface area contributed by atoms with E-state index < -0.39 is 10.7 Å². The van der Waals surface area contributed by atoms with Crippen molar-refractivity contribution in [3.8, 4) is 0 Å². The van der Waals surface area contributed by atoms with Crippen molar-refractivity contribution in [1.82, 2.24) is 21.3 Å². The molecule has 0 aliphatic rings. The number of hydrogen-bond donors (Lipinski definition) is 5. The van der Waals surface area contributed by atoms with E-state index in [4.69, 9.17) is 5.73 Å². The van der Waals surface area contributed by atoms with Crippen LogP contribution in [0.3, 0.4) is 0 Å². The van der Waals surface area contributed by atoms with Crippen molar-refractivity contribution >= 4 is 28.4 Å². The van der Waals surface area contributed by atoms with Crippen LogP contribution < -0.4 is 36.8 Å². The molecule has 0 radical (unpaired) electrons. The first kappa shape index (κ1) is 54.6. The standard InChI is InChI=1S/C15H25N3O2.C15H27N3.C8H20N2.C7H6FNO2/c1-13-12-14(8-9-15(13)18(19)20)17(3)11-7-5-4-6-10-16-2;1-13-12-14(8-9-15(13)16)18(3)11-7-5-4-6-10-17-2;1-9-7-5-3-4-6-8-10-2;1-5-4-6(8)2-3-7(5)9(10)11/h8-9,12,16H,4-7,10-11H2,1-3H3;8-9,12,17H,4-7,10-11,16H2,1-3H3;9-10H,3-8H2,1-2H3;2-4H,1H3. The second-order valence-electron chi connectivity index (χ2n) is 15.0. The lowest BCUT2D eigenvalue weighted by Gasteiger charge is -2.20. The van der Waals surface area contributed by atoms with Gasteiger partial charge in [-0.1, -0.05) is 38.5 Å². The molecule has 0 unspecified atom stereocenters. The predicted octanol–water partition coefficient (Wildman–Crippen LogP) is 8.94. The molecule has 6 N–H and O–H groups in total. The maximum absolute atomic E-state index is 12.4. The van der Waals surface area contributed by atoms with E-state index in [1.54, 1.807) is 13.0 Å². The van der Waals surface area contributed by atoms with Crippen LogP contribution in [0.15, 0.2) is 54.6 Å². The van der Waals surface area contributed by atoms with Gasteiger partial charge in [-0.25, -0.2) is 4.39 Å². The first-order valence-electron chi connectivity index (χ1n) is 21.3. The monoisotopic (exact) mass is 828 g/mol. The number of nitro groups is 2. The Labute approximate surface area is 355 Å². The Hall–Kier alpha value is -4.37. The van der Waals surface area contributed by atoms with Gasteiger partial charge < -0.3 is 36.8 Å². The lowest BCUT2D eigenvalue weighted by atomic mass is 10.1. The Morgan fingerprint density at radius 3 is 1.20 bits per heavy atom. The van der Waals surface area contributed by atoms with Gasteiger partial charge in [-0.05, 0) is 162 Å². The van der Waals surface area contributed by atoms with Crippen LogP contribution >= 0.6 is 0 Å². The zero-order chi connectivity index (χ0) is 44.4. The molecule has 14 heteroatoms. The molecule has 0 saturated carbocycles. The van der Waals surface area contributed by atoms with Crippen LogP contribution in [0.2, 0.25) is 0 Å². The third-order valence-electron chi connectivity index (χ3n) is 9.81. The number of rotatable bonds is 25. The number of anilines is 3. The summed E-state index contributed by atoms with van der Waals surface area (Å²) in [6.45, 7) is 12.0. The third-order valence-corrected chi connectivity index (χ3v) is 9.81. The molecule has 13 nitrogen and oxygen atoms in total. The van der Waals surface area contributed by atoms with Gasteiger partial charge in [0.25, 0.3) is 11.4 Å². The molecule has 3 aromatic carbocycles. The second kappa shape index (κ2) is 34.5. The highest BCUT2D eigenvalue weighted by molar-refractivity contribution is 5.57. The SMILES string of the molecule is CNCCCCCCN(C)c1ccc(N)c(C)c1.CNCCCCCCN(C)c1ccc([N+](=O)[O-])c(C)c1.CNCCCCCCNC.Cc1cc(F)ccc1[N+](=O)[O-]. The summed E-state index contributed by atoms with van der Waals surface area (Å²) >= 11 is 0. The molecular formula is C45H78FN9O4. The number of aryl methyl sites for hydroxylation is 3. The maximum Gasteiger partial charge on any atom is 0.272 e. The van der Waals surface area contributed by atoms with Gasteiger partial charge in [0.1, 0.15) is 5.82 Å². The van der Waals surface area contributed by atoms with E-state index >= 15 is 0 Å². The van der Waals surface area contributed by atoms with Crippen molar-refractivity contribution in [2.24, 2.45) is 0 Å². The number of nitrogens with zero attached hydrogens (tertiary/aromatic N) is 4. The van der Waals surface area contributed by atoms with E-state index in [-0.39, 0.29) is 16.3 Å². The summed E-state index contributed by atoms with van der Waals surface area (Å²) in [7, 11) is 12.2. The maximum atomic E-state index is 12.4. The zero-order valence-electron chi connectivity index (χ0n) is 37.8. The summed E-state index contributed by atoms with van der Waals surface area (Å²) < 4.78 is 12.4. The first-order valence-corrected chi connectivity index (χ1v) is 21.3. The van der Waals surface area contributed by atoms with E-state index in [9.17, 15) is 24.6 Å². The van der Waals surface area contributed by atoms with E-state index in [0.717, 1.165) is 67.7 Å². The fraction of sp³-hybridized carbons (Fsp3) is 0.600. The second-order valence-corrected chi connectivity index (χ2v) is 15.0. The number of nitrogens with one attached hydrogen (secondary N) is 4. The van der Waals surface area contributed by atoms with Crippen molar-refractivity contribution in [1.29, 1.82) is 0 Å². The first-order chi connectivity index (χ1) is 28.2. The Balaban J connectivity index is 0.000000792. The fourth-order valence-corrected chi connectivity index (χ4v) is 6.03. The number of benzene rings is 3. The summed E-state index contributed by atoms with van der Waals surface area (Å²) in [5.74, 6) is -0.451. The lowest BCUT2D eigenvalue weighted by molar-refractivity contribution is -0.385. The van der Waals surface area contributed by atoms with Crippen molar-refractivity contribution < 1.29 is 14.2 Å². The van der Waals surface area contributed by atoms with Crippen molar-refractivity contribution in [3.05, 3.63) is 97.3 Å². The third kappa shape index (κ3) is 26.4. The van der Waals surface area contributed by atoms with Gasteiger partial charge in [-0.15, -0.1) is 0 Å². The number of unbranched alkanes of at least 4 members (excludes halogenated alkanes) is 9. The van der Waals surface area contributed by atoms with E-state index in [2.05, 4.69) is 57.2 Å². The Bertz CT molecular complexity index is 1560. The summed E-state index contributed by atoms with van der Waals surface area (Å²) in [5.41, 5.74) is 11.4. The van der Waals surface area contributed by atoms with Crippen LogP contribution in [-0.2, 0) is 0 Å². The molecule has 0 amide bonds. The molecule has 0 fully saturated rings. The van der Waals surface area contributed by atoms with Gasteiger partial charge in [0.2, 0.25) is 0 Å². The molecule has 0 aliphatic carbocycles. The fourth-order valence-electron chi connectivity index (χ4n) is 6.03. The largest absolute Gasteiger partial charge is 0.399 e. The lowest BCUT2D eigenvalue weighted by Crippen LogP contribution is -2.18. The van der Waals surface area contributed by atoms with Crippen LogP contribution in [0.25, 0.3) is 0 Å². The number of hydrogen-bond acceptors (Lipinski definition) is 11. The highest BCUT2D eigenvalue weighted by atomic mass is 19.1. The van der Waals surface area contributed by atoms with Gasteiger partial charge in [0, 0.05) is 67.5 Å². The summed E-state index contributed by atoms with van der Waals surface area (Å²) in [5, 5.41) is 33.6. The number of nitrogens with two attached hydrogens (primary N) is 1.